The molecule has 2 rings (SSSR count). The van der Waals surface area contributed by atoms with Gasteiger partial charge in [0, 0.05) is 4.83 Å². The van der Waals surface area contributed by atoms with Gasteiger partial charge in [-0.25, -0.2) is 0 Å². The third-order valence-electron chi connectivity index (χ3n) is 4.56. The summed E-state index contributed by atoms with van der Waals surface area (Å²) in [7, 11) is 0. The van der Waals surface area contributed by atoms with Crippen LogP contribution in [-0.4, -0.2) is 0 Å². The molecule has 1 aromatic carbocycles. The summed E-state index contributed by atoms with van der Waals surface area (Å²) in [5.41, 5.74) is 4.71. The number of hydrogen-bond donors (Lipinski definition) is 0. The van der Waals surface area contributed by atoms with E-state index in [9.17, 15) is 0 Å². The van der Waals surface area contributed by atoms with Gasteiger partial charge in [-0.1, -0.05) is 67.2 Å². The molecule has 19 heavy (non-hydrogen) atoms. The van der Waals surface area contributed by atoms with E-state index in [1.807, 2.05) is 0 Å². The Morgan fingerprint density at radius 3 is 2.53 bits per heavy atom. The maximum absolute atomic E-state index is 3.97. The summed E-state index contributed by atoms with van der Waals surface area (Å²) in [5.74, 6) is 0.779. The van der Waals surface area contributed by atoms with E-state index >= 15 is 0 Å². The van der Waals surface area contributed by atoms with E-state index in [1.165, 1.54) is 56.9 Å². The normalized spacial score (nSPS) is 17.8. The molecule has 1 heteroatoms. The number of fused-ring (bicyclic) bond motifs is 1. The largest absolute Gasteiger partial charge is 0.0836 e. The van der Waals surface area contributed by atoms with Crippen LogP contribution in [0.25, 0.3) is 0 Å². The quantitative estimate of drug-likeness (QED) is 0.545. The zero-order valence-corrected chi connectivity index (χ0v) is 14.0. The van der Waals surface area contributed by atoms with Crippen molar-refractivity contribution < 1.29 is 0 Å². The van der Waals surface area contributed by atoms with Crippen LogP contribution in [0.1, 0.15) is 73.9 Å². The lowest BCUT2D eigenvalue weighted by Gasteiger charge is -2.24. The summed E-state index contributed by atoms with van der Waals surface area (Å²) in [6.07, 6.45) is 10.6. The van der Waals surface area contributed by atoms with E-state index in [4.69, 9.17) is 0 Å². The van der Waals surface area contributed by atoms with Gasteiger partial charge in [0.1, 0.15) is 0 Å². The molecule has 1 aromatic rings. The van der Waals surface area contributed by atoms with Crippen LogP contribution in [0.15, 0.2) is 18.2 Å². The number of hydrogen-bond acceptors (Lipinski definition) is 0. The Morgan fingerprint density at radius 2 is 1.84 bits per heavy atom. The fourth-order valence-electron chi connectivity index (χ4n) is 3.22. The van der Waals surface area contributed by atoms with Crippen LogP contribution in [0.5, 0.6) is 0 Å². The van der Waals surface area contributed by atoms with Crippen molar-refractivity contribution >= 4 is 15.9 Å². The molecule has 0 radical (unpaired) electrons. The van der Waals surface area contributed by atoms with Gasteiger partial charge < -0.3 is 0 Å². The molecule has 0 saturated carbocycles. The van der Waals surface area contributed by atoms with Gasteiger partial charge in [0.2, 0.25) is 0 Å². The summed E-state index contributed by atoms with van der Waals surface area (Å²) in [6.45, 7) is 4.61. The molecule has 0 aromatic heterocycles. The highest BCUT2D eigenvalue weighted by Gasteiger charge is 2.20. The zero-order valence-electron chi connectivity index (χ0n) is 12.4. The second kappa shape index (κ2) is 7.47. The number of unbranched alkanes of at least 4 members (excludes halogenated alkanes) is 1. The van der Waals surface area contributed by atoms with Crippen LogP contribution < -0.4 is 0 Å². The second-order valence-corrected chi connectivity index (χ2v) is 6.93. The Balaban J connectivity index is 2.11. The molecule has 106 valence electrons. The highest BCUT2D eigenvalue weighted by Crippen LogP contribution is 2.37. The van der Waals surface area contributed by atoms with Gasteiger partial charge in [-0.05, 0) is 54.7 Å². The molecule has 2 unspecified atom stereocenters. The van der Waals surface area contributed by atoms with E-state index in [2.05, 4.69) is 48.0 Å². The standard InChI is InChI=1S/C18H27Br/c1-3-5-8-14(4-2)18(19)17-12-11-15-9-6-7-10-16(15)13-17/h11-14,18H,3-10H2,1-2H3. The molecule has 0 bridgehead atoms. The molecule has 1 aliphatic rings. The van der Waals surface area contributed by atoms with Crippen LogP contribution in [0.2, 0.25) is 0 Å². The summed E-state index contributed by atoms with van der Waals surface area (Å²) >= 11 is 3.97. The molecule has 2 atom stereocenters. The molecule has 0 aliphatic heterocycles. The lowest BCUT2D eigenvalue weighted by Crippen LogP contribution is -2.09. The van der Waals surface area contributed by atoms with E-state index < -0.39 is 0 Å². The average Bonchev–Trinajstić information content (AvgIpc) is 2.47. The minimum Gasteiger partial charge on any atom is -0.0836 e. The van der Waals surface area contributed by atoms with Crippen molar-refractivity contribution in [2.24, 2.45) is 5.92 Å². The summed E-state index contributed by atoms with van der Waals surface area (Å²) in [4.78, 5) is 0.538. The van der Waals surface area contributed by atoms with E-state index in [-0.39, 0.29) is 0 Å². The van der Waals surface area contributed by atoms with E-state index in [0.717, 1.165) is 5.92 Å². The highest BCUT2D eigenvalue weighted by atomic mass is 79.9. The first-order valence-corrected chi connectivity index (χ1v) is 8.93. The number of halogens is 1. The van der Waals surface area contributed by atoms with Crippen molar-refractivity contribution in [3.63, 3.8) is 0 Å². The van der Waals surface area contributed by atoms with Crippen molar-refractivity contribution in [3.05, 3.63) is 34.9 Å². The predicted octanol–water partition coefficient (Wildman–Crippen LogP) is 6.22. The van der Waals surface area contributed by atoms with Gasteiger partial charge in [-0.2, -0.15) is 0 Å². The Hall–Kier alpha value is -0.300. The highest BCUT2D eigenvalue weighted by molar-refractivity contribution is 9.09. The monoisotopic (exact) mass is 322 g/mol. The molecule has 0 spiro atoms. The minimum atomic E-state index is 0.538. The van der Waals surface area contributed by atoms with Gasteiger partial charge in [0.15, 0.2) is 0 Å². The van der Waals surface area contributed by atoms with Crippen molar-refractivity contribution in [1.82, 2.24) is 0 Å². The van der Waals surface area contributed by atoms with Crippen LogP contribution in [0.4, 0.5) is 0 Å². The fourth-order valence-corrected chi connectivity index (χ4v) is 4.14. The summed E-state index contributed by atoms with van der Waals surface area (Å²) < 4.78 is 0. The third kappa shape index (κ3) is 3.84. The Morgan fingerprint density at radius 1 is 1.11 bits per heavy atom. The predicted molar refractivity (Wildman–Crippen MR) is 88.1 cm³/mol. The maximum Gasteiger partial charge on any atom is 0.0423 e. The Bertz CT molecular complexity index is 397. The maximum atomic E-state index is 3.97. The van der Waals surface area contributed by atoms with E-state index in [1.54, 1.807) is 11.1 Å². The first-order valence-electron chi connectivity index (χ1n) is 8.02. The lowest BCUT2D eigenvalue weighted by atomic mass is 9.86. The van der Waals surface area contributed by atoms with Gasteiger partial charge in [0.05, 0.1) is 0 Å². The first kappa shape index (κ1) is 15.1. The first-order chi connectivity index (χ1) is 9.26. The molecule has 0 amide bonds. The summed E-state index contributed by atoms with van der Waals surface area (Å²) in [6, 6.07) is 7.21. The van der Waals surface area contributed by atoms with Gasteiger partial charge in [0.25, 0.3) is 0 Å². The van der Waals surface area contributed by atoms with Crippen molar-refractivity contribution in [2.45, 2.75) is 70.0 Å². The molecular formula is C18H27Br. The average molecular weight is 323 g/mol. The van der Waals surface area contributed by atoms with Crippen LogP contribution >= 0.6 is 15.9 Å². The third-order valence-corrected chi connectivity index (χ3v) is 5.83. The van der Waals surface area contributed by atoms with Crippen molar-refractivity contribution in [3.8, 4) is 0 Å². The van der Waals surface area contributed by atoms with Crippen molar-refractivity contribution in [2.75, 3.05) is 0 Å². The SMILES string of the molecule is CCCCC(CC)C(Br)c1ccc2c(c1)CCCC2. The Kier molecular flexibility index (Phi) is 5.94. The fraction of sp³-hybridized carbons (Fsp3) is 0.667. The minimum absolute atomic E-state index is 0.538. The number of rotatable bonds is 6. The van der Waals surface area contributed by atoms with Crippen LogP contribution in [-0.2, 0) is 12.8 Å². The van der Waals surface area contributed by atoms with E-state index in [0.29, 0.717) is 4.83 Å². The molecule has 0 heterocycles. The van der Waals surface area contributed by atoms with Crippen LogP contribution in [0, 0.1) is 5.92 Å². The molecule has 1 aliphatic carbocycles. The smallest absolute Gasteiger partial charge is 0.0423 e. The number of aryl methyl sites for hydroxylation is 2. The topological polar surface area (TPSA) is 0 Å². The molecule has 0 nitrogen and oxygen atoms in total. The molecule has 0 N–H and O–H groups in total. The Labute approximate surface area is 127 Å². The zero-order chi connectivity index (χ0) is 13.7. The van der Waals surface area contributed by atoms with Gasteiger partial charge in [-0.15, -0.1) is 0 Å². The van der Waals surface area contributed by atoms with Crippen molar-refractivity contribution in [1.29, 1.82) is 0 Å². The van der Waals surface area contributed by atoms with Gasteiger partial charge in [-0.3, -0.25) is 0 Å². The molecular weight excluding hydrogens is 296 g/mol. The summed E-state index contributed by atoms with van der Waals surface area (Å²) in [5, 5.41) is 0. The molecule has 0 fully saturated rings. The second-order valence-electron chi connectivity index (χ2n) is 5.95. The molecule has 0 saturated heterocycles. The van der Waals surface area contributed by atoms with Gasteiger partial charge >= 0.3 is 0 Å². The van der Waals surface area contributed by atoms with Crippen LogP contribution in [0.3, 0.4) is 0 Å². The number of benzene rings is 1. The lowest BCUT2D eigenvalue weighted by molar-refractivity contribution is 0.446. The number of alkyl halides is 1.